The number of halogens is 1. The molecule has 2 N–H and O–H groups in total. The smallest absolute Gasteiger partial charge is 0.267 e. The zero-order valence-corrected chi connectivity index (χ0v) is 14.0. The van der Waals surface area contributed by atoms with Crippen molar-refractivity contribution in [2.45, 2.75) is 20.4 Å². The van der Waals surface area contributed by atoms with Gasteiger partial charge in [-0.2, -0.15) is 0 Å². The van der Waals surface area contributed by atoms with Crippen molar-refractivity contribution in [3.8, 4) is 0 Å². The van der Waals surface area contributed by atoms with E-state index in [4.69, 9.17) is 4.42 Å². The fourth-order valence-corrected chi connectivity index (χ4v) is 2.97. The fraction of sp³-hybridized carbons (Fsp3) is 0.176. The maximum atomic E-state index is 13.6. The molecule has 0 saturated carbocycles. The lowest BCUT2D eigenvalue weighted by atomic mass is 10.2. The molecule has 0 saturated heterocycles. The lowest BCUT2D eigenvalue weighted by Gasteiger charge is -2.05. The van der Waals surface area contributed by atoms with Crippen molar-refractivity contribution in [3.05, 3.63) is 64.3 Å². The molecular formula is C17H16FN3O2S. The minimum Gasteiger partial charge on any atom is -0.467 e. The lowest BCUT2D eigenvalue weighted by molar-refractivity contribution is 0.103. The largest absolute Gasteiger partial charge is 0.467 e. The summed E-state index contributed by atoms with van der Waals surface area (Å²) in [7, 11) is 0. The van der Waals surface area contributed by atoms with Gasteiger partial charge in [-0.05, 0) is 43.7 Å². The van der Waals surface area contributed by atoms with Crippen LogP contribution >= 0.6 is 11.3 Å². The Bertz CT molecular complexity index is 859. The Morgan fingerprint density at radius 3 is 2.88 bits per heavy atom. The molecule has 1 amide bonds. The van der Waals surface area contributed by atoms with Crippen molar-refractivity contribution in [2.24, 2.45) is 0 Å². The third kappa shape index (κ3) is 3.62. The Morgan fingerprint density at radius 2 is 2.17 bits per heavy atom. The molecule has 0 bridgehead atoms. The number of carbonyl (C=O) groups is 1. The number of furan rings is 1. The van der Waals surface area contributed by atoms with Gasteiger partial charge in [0.15, 0.2) is 5.13 Å². The van der Waals surface area contributed by atoms with E-state index in [2.05, 4.69) is 15.6 Å². The zero-order valence-electron chi connectivity index (χ0n) is 13.2. The van der Waals surface area contributed by atoms with Crippen LogP contribution in [0.4, 0.5) is 15.2 Å². The monoisotopic (exact) mass is 345 g/mol. The molecule has 0 aliphatic heterocycles. The van der Waals surface area contributed by atoms with E-state index in [-0.39, 0.29) is 11.7 Å². The highest BCUT2D eigenvalue weighted by Crippen LogP contribution is 2.24. The van der Waals surface area contributed by atoms with Crippen LogP contribution in [0.3, 0.4) is 0 Å². The predicted molar refractivity (Wildman–Crippen MR) is 92.0 cm³/mol. The van der Waals surface area contributed by atoms with E-state index < -0.39 is 0 Å². The summed E-state index contributed by atoms with van der Waals surface area (Å²) in [5.74, 6) is 0.123. The van der Waals surface area contributed by atoms with Gasteiger partial charge in [-0.15, -0.1) is 0 Å². The number of hydrogen-bond acceptors (Lipinski definition) is 5. The summed E-state index contributed by atoms with van der Waals surface area (Å²) >= 11 is 1.25. The first-order chi connectivity index (χ1) is 11.5. The van der Waals surface area contributed by atoms with E-state index in [0.717, 1.165) is 5.76 Å². The second-order valence-electron chi connectivity index (χ2n) is 5.28. The van der Waals surface area contributed by atoms with Crippen LogP contribution < -0.4 is 10.6 Å². The summed E-state index contributed by atoms with van der Waals surface area (Å²) in [4.78, 5) is 17.2. The van der Waals surface area contributed by atoms with Gasteiger partial charge in [0.2, 0.25) is 0 Å². The molecule has 3 aromatic rings. The standard InChI is InChI=1S/C17H16FN3O2S/c1-10-5-6-12(8-14(10)18)21-16(22)15-11(2)20-17(24-15)19-9-13-4-3-7-23-13/h3-8H,9H2,1-2H3,(H,19,20)(H,21,22). The van der Waals surface area contributed by atoms with E-state index in [9.17, 15) is 9.18 Å². The van der Waals surface area contributed by atoms with Gasteiger partial charge in [-0.3, -0.25) is 4.79 Å². The molecule has 124 valence electrons. The van der Waals surface area contributed by atoms with Crippen molar-refractivity contribution in [1.82, 2.24) is 4.98 Å². The van der Waals surface area contributed by atoms with Crippen LogP contribution in [0, 0.1) is 19.7 Å². The van der Waals surface area contributed by atoms with Gasteiger partial charge in [0.25, 0.3) is 5.91 Å². The van der Waals surface area contributed by atoms with E-state index in [1.54, 1.807) is 32.2 Å². The van der Waals surface area contributed by atoms with Crippen molar-refractivity contribution in [1.29, 1.82) is 0 Å². The highest BCUT2D eigenvalue weighted by Gasteiger charge is 2.16. The van der Waals surface area contributed by atoms with Crippen molar-refractivity contribution in [2.75, 3.05) is 10.6 Å². The van der Waals surface area contributed by atoms with Crippen LogP contribution in [0.1, 0.15) is 26.7 Å². The van der Waals surface area contributed by atoms with Gasteiger partial charge in [-0.1, -0.05) is 17.4 Å². The van der Waals surface area contributed by atoms with Gasteiger partial charge in [0.1, 0.15) is 16.5 Å². The molecule has 2 heterocycles. The molecular weight excluding hydrogens is 329 g/mol. The molecule has 5 nitrogen and oxygen atoms in total. The molecule has 0 atom stereocenters. The quantitative estimate of drug-likeness (QED) is 0.721. The normalized spacial score (nSPS) is 10.6. The summed E-state index contributed by atoms with van der Waals surface area (Å²) in [5, 5.41) is 6.44. The van der Waals surface area contributed by atoms with Gasteiger partial charge in [-0.25, -0.2) is 9.37 Å². The minimum absolute atomic E-state index is 0.306. The third-order valence-electron chi connectivity index (χ3n) is 3.43. The SMILES string of the molecule is Cc1ccc(NC(=O)c2sc(NCc3ccco3)nc2C)cc1F. The summed E-state index contributed by atoms with van der Waals surface area (Å²) < 4.78 is 18.8. The summed E-state index contributed by atoms with van der Waals surface area (Å²) in [6, 6.07) is 8.26. The molecule has 0 fully saturated rings. The van der Waals surface area contributed by atoms with Crippen molar-refractivity contribution >= 4 is 28.1 Å². The first-order valence-corrected chi connectivity index (χ1v) is 8.16. The van der Waals surface area contributed by atoms with Crippen LogP contribution in [0.2, 0.25) is 0 Å². The Morgan fingerprint density at radius 1 is 1.33 bits per heavy atom. The maximum Gasteiger partial charge on any atom is 0.267 e. The lowest BCUT2D eigenvalue weighted by Crippen LogP contribution is -2.11. The van der Waals surface area contributed by atoms with Crippen LogP contribution in [0.15, 0.2) is 41.0 Å². The average Bonchev–Trinajstić information content (AvgIpc) is 3.18. The number of benzene rings is 1. The number of hydrogen-bond donors (Lipinski definition) is 2. The molecule has 7 heteroatoms. The van der Waals surface area contributed by atoms with E-state index in [0.29, 0.717) is 33.5 Å². The first-order valence-electron chi connectivity index (χ1n) is 7.34. The molecule has 3 rings (SSSR count). The number of nitrogens with one attached hydrogen (secondary N) is 2. The highest BCUT2D eigenvalue weighted by molar-refractivity contribution is 7.17. The number of aryl methyl sites for hydroxylation is 2. The van der Waals surface area contributed by atoms with Crippen LogP contribution in [-0.4, -0.2) is 10.9 Å². The first kappa shape index (κ1) is 16.2. The molecule has 0 aliphatic carbocycles. The molecule has 0 radical (unpaired) electrons. The summed E-state index contributed by atoms with van der Waals surface area (Å²) in [6.07, 6.45) is 1.60. The van der Waals surface area contributed by atoms with Gasteiger partial charge < -0.3 is 15.1 Å². The predicted octanol–water partition coefficient (Wildman–Crippen LogP) is 4.36. The van der Waals surface area contributed by atoms with Crippen molar-refractivity contribution < 1.29 is 13.6 Å². The minimum atomic E-state index is -0.352. The van der Waals surface area contributed by atoms with Crippen LogP contribution in [0.5, 0.6) is 0 Å². The Kier molecular flexibility index (Phi) is 4.61. The summed E-state index contributed by atoms with van der Waals surface area (Å²) in [6.45, 7) is 3.93. The van der Waals surface area contributed by atoms with E-state index in [1.165, 1.54) is 17.4 Å². The number of nitrogens with zero attached hydrogens (tertiary/aromatic N) is 1. The molecule has 24 heavy (non-hydrogen) atoms. The van der Waals surface area contributed by atoms with Gasteiger partial charge in [0, 0.05) is 5.69 Å². The second kappa shape index (κ2) is 6.84. The number of anilines is 2. The number of thiazole rings is 1. The Labute approximate surface area is 142 Å². The van der Waals surface area contributed by atoms with Gasteiger partial charge in [0.05, 0.1) is 18.5 Å². The Hall–Kier alpha value is -2.67. The molecule has 1 aromatic carbocycles. The highest BCUT2D eigenvalue weighted by atomic mass is 32.1. The molecule has 2 aromatic heterocycles. The van der Waals surface area contributed by atoms with Crippen molar-refractivity contribution in [3.63, 3.8) is 0 Å². The second-order valence-corrected chi connectivity index (χ2v) is 6.28. The topological polar surface area (TPSA) is 67.2 Å². The molecule has 0 unspecified atom stereocenters. The number of rotatable bonds is 5. The van der Waals surface area contributed by atoms with E-state index >= 15 is 0 Å². The maximum absolute atomic E-state index is 13.6. The molecule has 0 spiro atoms. The van der Waals surface area contributed by atoms with Crippen LogP contribution in [-0.2, 0) is 6.54 Å². The van der Waals surface area contributed by atoms with Gasteiger partial charge >= 0.3 is 0 Å². The average molecular weight is 345 g/mol. The molecule has 0 aliphatic rings. The zero-order chi connectivity index (χ0) is 17.1. The third-order valence-corrected chi connectivity index (χ3v) is 4.54. The van der Waals surface area contributed by atoms with E-state index in [1.807, 2.05) is 12.1 Å². The van der Waals surface area contributed by atoms with Crippen LogP contribution in [0.25, 0.3) is 0 Å². The fourth-order valence-electron chi connectivity index (χ4n) is 2.12. The number of carbonyl (C=O) groups excluding carboxylic acids is 1. The summed E-state index contributed by atoms with van der Waals surface area (Å²) in [5.41, 5.74) is 1.57. The Balaban J connectivity index is 1.69. The number of aromatic nitrogens is 1. The number of amides is 1.